The summed E-state index contributed by atoms with van der Waals surface area (Å²) in [5.41, 5.74) is 1.15. The van der Waals surface area contributed by atoms with Crippen molar-refractivity contribution < 1.29 is 9.52 Å². The highest BCUT2D eigenvalue weighted by molar-refractivity contribution is 5.09. The average molecular weight is 169 g/mol. The molecule has 3 heteroatoms. The maximum atomic E-state index is 8.55. The Labute approximate surface area is 72.4 Å². The van der Waals surface area contributed by atoms with Gasteiger partial charge in [0.2, 0.25) is 0 Å². The van der Waals surface area contributed by atoms with Gasteiger partial charge in [-0.05, 0) is 26.0 Å². The number of furan rings is 1. The van der Waals surface area contributed by atoms with Crippen LogP contribution in [0.2, 0.25) is 0 Å². The minimum atomic E-state index is 0.241. The van der Waals surface area contributed by atoms with Crippen molar-refractivity contribution in [3.05, 3.63) is 24.2 Å². The average Bonchev–Trinajstić information content (AvgIpc) is 2.56. The molecule has 0 fully saturated rings. The number of aliphatic hydroxyl groups excluding tert-OH is 1. The van der Waals surface area contributed by atoms with Crippen LogP contribution in [0.3, 0.4) is 0 Å². The number of rotatable bonds is 5. The SMILES string of the molecule is CC(NCCCO)c1ccoc1. The van der Waals surface area contributed by atoms with E-state index in [1.807, 2.05) is 6.07 Å². The Bertz CT molecular complexity index is 196. The number of aliphatic hydroxyl groups is 1. The van der Waals surface area contributed by atoms with Crippen LogP contribution in [0.1, 0.15) is 24.9 Å². The van der Waals surface area contributed by atoms with Gasteiger partial charge in [-0.2, -0.15) is 0 Å². The lowest BCUT2D eigenvalue weighted by molar-refractivity contribution is 0.284. The molecule has 0 amide bonds. The Kier molecular flexibility index (Phi) is 3.84. The molecule has 0 spiro atoms. The van der Waals surface area contributed by atoms with E-state index in [0.29, 0.717) is 6.04 Å². The number of hydrogen-bond donors (Lipinski definition) is 2. The fraction of sp³-hybridized carbons (Fsp3) is 0.556. The van der Waals surface area contributed by atoms with Crippen molar-refractivity contribution in [3.8, 4) is 0 Å². The Hall–Kier alpha value is -0.800. The van der Waals surface area contributed by atoms with Gasteiger partial charge in [-0.1, -0.05) is 0 Å². The Morgan fingerprint density at radius 1 is 1.67 bits per heavy atom. The van der Waals surface area contributed by atoms with E-state index in [1.54, 1.807) is 12.5 Å². The van der Waals surface area contributed by atoms with E-state index >= 15 is 0 Å². The Balaban J connectivity index is 2.25. The molecule has 0 aliphatic rings. The van der Waals surface area contributed by atoms with E-state index in [9.17, 15) is 0 Å². The molecule has 2 N–H and O–H groups in total. The molecule has 0 aliphatic heterocycles. The molecule has 12 heavy (non-hydrogen) atoms. The van der Waals surface area contributed by atoms with Gasteiger partial charge >= 0.3 is 0 Å². The fourth-order valence-corrected chi connectivity index (χ4v) is 1.04. The largest absolute Gasteiger partial charge is 0.472 e. The van der Waals surface area contributed by atoms with Gasteiger partial charge in [-0.15, -0.1) is 0 Å². The lowest BCUT2D eigenvalue weighted by atomic mass is 10.2. The summed E-state index contributed by atoms with van der Waals surface area (Å²) >= 11 is 0. The van der Waals surface area contributed by atoms with Crippen LogP contribution < -0.4 is 5.32 Å². The molecule has 0 saturated heterocycles. The van der Waals surface area contributed by atoms with E-state index in [-0.39, 0.29) is 6.61 Å². The summed E-state index contributed by atoms with van der Waals surface area (Å²) in [4.78, 5) is 0. The molecule has 3 nitrogen and oxygen atoms in total. The molecule has 1 heterocycles. The molecule has 68 valence electrons. The van der Waals surface area contributed by atoms with Crippen molar-refractivity contribution in [2.45, 2.75) is 19.4 Å². The van der Waals surface area contributed by atoms with Gasteiger partial charge in [0.05, 0.1) is 12.5 Å². The van der Waals surface area contributed by atoms with Crippen LogP contribution in [0, 0.1) is 0 Å². The van der Waals surface area contributed by atoms with Gasteiger partial charge < -0.3 is 14.8 Å². The monoisotopic (exact) mass is 169 g/mol. The van der Waals surface area contributed by atoms with E-state index in [2.05, 4.69) is 12.2 Å². The quantitative estimate of drug-likeness (QED) is 0.653. The molecule has 0 bridgehead atoms. The minimum Gasteiger partial charge on any atom is -0.472 e. The summed E-state index contributed by atoms with van der Waals surface area (Å²) < 4.78 is 4.95. The summed E-state index contributed by atoms with van der Waals surface area (Å²) in [6.07, 6.45) is 4.19. The second kappa shape index (κ2) is 4.95. The van der Waals surface area contributed by atoms with Crippen molar-refractivity contribution >= 4 is 0 Å². The molecule has 0 radical (unpaired) electrons. The summed E-state index contributed by atoms with van der Waals surface area (Å²) in [5, 5.41) is 11.8. The second-order valence-corrected chi connectivity index (χ2v) is 2.81. The normalized spacial score (nSPS) is 13.2. The molecule has 1 aromatic heterocycles. The first-order valence-electron chi connectivity index (χ1n) is 4.21. The standard InChI is InChI=1S/C9H15NO2/c1-8(10-4-2-5-11)9-3-6-12-7-9/h3,6-8,10-11H,2,4-5H2,1H3. The lowest BCUT2D eigenvalue weighted by Crippen LogP contribution is -2.20. The van der Waals surface area contributed by atoms with Crippen molar-refractivity contribution in [1.29, 1.82) is 0 Å². The summed E-state index contributed by atoms with van der Waals surface area (Å²) in [6.45, 7) is 3.15. The van der Waals surface area contributed by atoms with Crippen LogP contribution in [0.4, 0.5) is 0 Å². The fourth-order valence-electron chi connectivity index (χ4n) is 1.04. The molecule has 1 rings (SSSR count). The number of nitrogens with one attached hydrogen (secondary N) is 1. The highest BCUT2D eigenvalue weighted by atomic mass is 16.3. The van der Waals surface area contributed by atoms with Crippen LogP contribution >= 0.6 is 0 Å². The van der Waals surface area contributed by atoms with E-state index in [0.717, 1.165) is 18.5 Å². The second-order valence-electron chi connectivity index (χ2n) is 2.81. The van der Waals surface area contributed by atoms with E-state index in [1.165, 1.54) is 0 Å². The van der Waals surface area contributed by atoms with Crippen molar-refractivity contribution in [2.75, 3.05) is 13.2 Å². The predicted molar refractivity (Wildman–Crippen MR) is 46.8 cm³/mol. The molecule has 1 atom stereocenters. The molecular formula is C9H15NO2. The van der Waals surface area contributed by atoms with E-state index < -0.39 is 0 Å². The van der Waals surface area contributed by atoms with Crippen LogP contribution in [-0.2, 0) is 0 Å². The minimum absolute atomic E-state index is 0.241. The summed E-state index contributed by atoms with van der Waals surface area (Å²) in [5.74, 6) is 0. The van der Waals surface area contributed by atoms with E-state index in [4.69, 9.17) is 9.52 Å². The maximum absolute atomic E-state index is 8.55. The van der Waals surface area contributed by atoms with Crippen molar-refractivity contribution in [1.82, 2.24) is 5.32 Å². The zero-order valence-electron chi connectivity index (χ0n) is 7.29. The smallest absolute Gasteiger partial charge is 0.0950 e. The molecular weight excluding hydrogens is 154 g/mol. The third-order valence-corrected chi connectivity index (χ3v) is 1.83. The third-order valence-electron chi connectivity index (χ3n) is 1.83. The first kappa shape index (κ1) is 9.29. The van der Waals surface area contributed by atoms with Gasteiger partial charge in [-0.3, -0.25) is 0 Å². The van der Waals surface area contributed by atoms with Gasteiger partial charge in [0, 0.05) is 18.2 Å². The first-order chi connectivity index (χ1) is 5.84. The highest BCUT2D eigenvalue weighted by Crippen LogP contribution is 2.11. The molecule has 1 aromatic rings. The topological polar surface area (TPSA) is 45.4 Å². The molecule has 0 aromatic carbocycles. The van der Waals surface area contributed by atoms with Gasteiger partial charge in [0.1, 0.15) is 0 Å². The van der Waals surface area contributed by atoms with Gasteiger partial charge in [0.25, 0.3) is 0 Å². The Morgan fingerprint density at radius 2 is 2.50 bits per heavy atom. The zero-order valence-corrected chi connectivity index (χ0v) is 7.29. The van der Waals surface area contributed by atoms with Crippen LogP contribution in [0.5, 0.6) is 0 Å². The lowest BCUT2D eigenvalue weighted by Gasteiger charge is -2.10. The third kappa shape index (κ3) is 2.68. The first-order valence-corrected chi connectivity index (χ1v) is 4.21. The van der Waals surface area contributed by atoms with Gasteiger partial charge in [0.15, 0.2) is 0 Å². The predicted octanol–water partition coefficient (Wildman–Crippen LogP) is 1.31. The maximum Gasteiger partial charge on any atom is 0.0950 e. The summed E-state index contributed by atoms with van der Waals surface area (Å²) in [7, 11) is 0. The van der Waals surface area contributed by atoms with Crippen LogP contribution in [0.15, 0.2) is 23.0 Å². The van der Waals surface area contributed by atoms with Gasteiger partial charge in [-0.25, -0.2) is 0 Å². The summed E-state index contributed by atoms with van der Waals surface area (Å²) in [6, 6.07) is 2.24. The van der Waals surface area contributed by atoms with Crippen molar-refractivity contribution in [2.24, 2.45) is 0 Å². The molecule has 0 saturated carbocycles. The van der Waals surface area contributed by atoms with Crippen molar-refractivity contribution in [3.63, 3.8) is 0 Å². The molecule has 1 unspecified atom stereocenters. The van der Waals surface area contributed by atoms with Crippen LogP contribution in [0.25, 0.3) is 0 Å². The highest BCUT2D eigenvalue weighted by Gasteiger charge is 2.03. The Morgan fingerprint density at radius 3 is 3.08 bits per heavy atom. The zero-order chi connectivity index (χ0) is 8.81. The van der Waals surface area contributed by atoms with Crippen LogP contribution in [-0.4, -0.2) is 18.3 Å². The molecule has 0 aliphatic carbocycles. The number of hydrogen-bond acceptors (Lipinski definition) is 3.